The summed E-state index contributed by atoms with van der Waals surface area (Å²) >= 11 is 0. The molecule has 16 heavy (non-hydrogen) atoms. The van der Waals surface area contributed by atoms with Gasteiger partial charge in [-0.05, 0) is 6.42 Å². The van der Waals surface area contributed by atoms with Crippen LogP contribution in [-0.4, -0.2) is 35.8 Å². The highest BCUT2D eigenvalue weighted by atomic mass is 16.5. The number of β-lactam (4-membered cyclic amide) rings is 2. The van der Waals surface area contributed by atoms with Crippen molar-refractivity contribution in [3.8, 4) is 0 Å². The average molecular weight is 227 g/mol. The molecule has 0 atom stereocenters. The second-order valence-corrected chi connectivity index (χ2v) is 3.70. The number of hydrogen-bond donors (Lipinski definition) is 3. The molecule has 0 aromatic heterocycles. The number of rotatable bonds is 2. The number of nitrogens with one attached hydrogen (secondary N) is 1. The maximum Gasteiger partial charge on any atom is 0.270 e. The van der Waals surface area contributed by atoms with Gasteiger partial charge >= 0.3 is 0 Å². The number of amides is 4. The van der Waals surface area contributed by atoms with Gasteiger partial charge in [-0.2, -0.15) is 0 Å². The molecular formula is C8H9N3O5. The van der Waals surface area contributed by atoms with Crippen molar-refractivity contribution < 1.29 is 23.9 Å². The molecule has 0 bridgehead atoms. The molecule has 2 rings (SSSR count). The van der Waals surface area contributed by atoms with Gasteiger partial charge in [-0.25, -0.2) is 0 Å². The van der Waals surface area contributed by atoms with Crippen molar-refractivity contribution in [2.45, 2.75) is 12.0 Å². The van der Waals surface area contributed by atoms with Crippen molar-refractivity contribution in [2.24, 2.45) is 16.9 Å². The van der Waals surface area contributed by atoms with Crippen molar-refractivity contribution in [1.82, 2.24) is 5.32 Å². The van der Waals surface area contributed by atoms with Crippen LogP contribution in [0.4, 0.5) is 0 Å². The summed E-state index contributed by atoms with van der Waals surface area (Å²) in [6.45, 7) is -0.106. The molecule has 1 spiro atoms. The fourth-order valence-electron chi connectivity index (χ4n) is 2.21. The normalized spacial score (nSPS) is 25.0. The first kappa shape index (κ1) is 10.6. The van der Waals surface area contributed by atoms with E-state index in [4.69, 9.17) is 16.2 Å². The molecule has 86 valence electrons. The summed E-state index contributed by atoms with van der Waals surface area (Å²) in [5, 5.41) is 1.88. The molecule has 0 aromatic carbocycles. The predicted molar refractivity (Wildman–Crippen MR) is 47.3 cm³/mol. The van der Waals surface area contributed by atoms with E-state index in [1.165, 1.54) is 0 Å². The van der Waals surface area contributed by atoms with E-state index in [2.05, 4.69) is 0 Å². The number of ether oxygens (including phenoxy) is 1. The van der Waals surface area contributed by atoms with Crippen molar-refractivity contribution >= 4 is 23.6 Å². The Kier molecular flexibility index (Phi) is 1.84. The van der Waals surface area contributed by atoms with E-state index in [1.807, 2.05) is 5.32 Å². The summed E-state index contributed by atoms with van der Waals surface area (Å²) in [7, 11) is 0. The maximum atomic E-state index is 11.4. The number of imide groups is 1. The maximum absolute atomic E-state index is 11.4. The van der Waals surface area contributed by atoms with E-state index >= 15 is 0 Å². The van der Waals surface area contributed by atoms with Crippen molar-refractivity contribution in [1.29, 1.82) is 0 Å². The molecule has 8 heteroatoms. The quantitative estimate of drug-likeness (QED) is 0.335. The molecule has 0 radical (unpaired) electrons. The molecule has 2 aliphatic rings. The predicted octanol–water partition coefficient (Wildman–Crippen LogP) is -3.24. The zero-order chi connectivity index (χ0) is 12.1. The summed E-state index contributed by atoms with van der Waals surface area (Å²) in [5.74, 6) is -3.96. The summed E-state index contributed by atoms with van der Waals surface area (Å²) < 4.78 is 4.98. The number of carbonyl (C=O) groups excluding carboxylic acids is 4. The van der Waals surface area contributed by atoms with Gasteiger partial charge in [0.15, 0.2) is 5.41 Å². The summed E-state index contributed by atoms with van der Waals surface area (Å²) in [4.78, 5) is 45.6. The Morgan fingerprint density at radius 1 is 1.19 bits per heavy atom. The zero-order valence-corrected chi connectivity index (χ0v) is 8.11. The molecule has 2 fully saturated rings. The van der Waals surface area contributed by atoms with Crippen LogP contribution in [0.15, 0.2) is 0 Å². The third-order valence-electron chi connectivity index (χ3n) is 3.10. The van der Waals surface area contributed by atoms with Gasteiger partial charge in [0, 0.05) is 0 Å². The van der Waals surface area contributed by atoms with Gasteiger partial charge in [-0.1, -0.05) is 0 Å². The summed E-state index contributed by atoms with van der Waals surface area (Å²) in [5.41, 5.74) is 5.96. The minimum absolute atomic E-state index is 0.106. The van der Waals surface area contributed by atoms with Gasteiger partial charge < -0.3 is 16.2 Å². The lowest BCUT2D eigenvalue weighted by Gasteiger charge is -2.42. The third kappa shape index (κ3) is 0.792. The first-order chi connectivity index (χ1) is 7.39. The van der Waals surface area contributed by atoms with E-state index in [0.717, 1.165) is 0 Å². The Bertz CT molecular complexity index is 401. The molecule has 2 heterocycles. The Morgan fingerprint density at radius 3 is 2.00 bits per heavy atom. The van der Waals surface area contributed by atoms with Gasteiger partial charge in [0.1, 0.15) is 0 Å². The molecule has 8 nitrogen and oxygen atoms in total. The molecule has 0 saturated carbocycles. The fourth-order valence-corrected chi connectivity index (χ4v) is 2.21. The minimum atomic E-state index is -2.15. The zero-order valence-electron chi connectivity index (χ0n) is 8.11. The largest absolute Gasteiger partial charge is 0.369 e. The van der Waals surface area contributed by atoms with E-state index in [0.29, 0.717) is 0 Å². The number of primary amides is 2. The monoisotopic (exact) mass is 227 g/mol. The van der Waals surface area contributed by atoms with E-state index < -0.39 is 34.6 Å². The van der Waals surface area contributed by atoms with Crippen LogP contribution in [0.25, 0.3) is 0 Å². The van der Waals surface area contributed by atoms with Crippen LogP contribution < -0.4 is 16.8 Å². The second kappa shape index (κ2) is 2.79. The average Bonchev–Trinajstić information content (AvgIpc) is 2.61. The van der Waals surface area contributed by atoms with Crippen molar-refractivity contribution in [3.05, 3.63) is 0 Å². The van der Waals surface area contributed by atoms with Crippen LogP contribution in [0.3, 0.4) is 0 Å². The van der Waals surface area contributed by atoms with Crippen molar-refractivity contribution in [3.63, 3.8) is 0 Å². The molecule has 0 unspecified atom stereocenters. The molecule has 0 aliphatic carbocycles. The van der Waals surface area contributed by atoms with Crippen LogP contribution in [-0.2, 0) is 23.9 Å². The molecular weight excluding hydrogens is 218 g/mol. The van der Waals surface area contributed by atoms with E-state index in [9.17, 15) is 19.2 Å². The smallest absolute Gasteiger partial charge is 0.270 e. The van der Waals surface area contributed by atoms with Crippen molar-refractivity contribution in [2.75, 3.05) is 6.61 Å². The van der Waals surface area contributed by atoms with E-state index in [1.54, 1.807) is 0 Å². The Balaban J connectivity index is 2.62. The van der Waals surface area contributed by atoms with Crippen LogP contribution in [0.5, 0.6) is 0 Å². The first-order valence-electron chi connectivity index (χ1n) is 4.49. The lowest BCUT2D eigenvalue weighted by atomic mass is 9.66. The van der Waals surface area contributed by atoms with Gasteiger partial charge in [0.05, 0.1) is 6.61 Å². The molecule has 4 amide bonds. The minimum Gasteiger partial charge on any atom is -0.369 e. The fraction of sp³-hybridized carbons (Fsp3) is 0.500. The molecule has 2 saturated heterocycles. The number of nitrogens with two attached hydrogens (primary N) is 2. The molecule has 2 aliphatic heterocycles. The summed E-state index contributed by atoms with van der Waals surface area (Å²) in [6, 6.07) is 0. The van der Waals surface area contributed by atoms with Crippen LogP contribution in [0.2, 0.25) is 0 Å². The molecule has 5 N–H and O–H groups in total. The van der Waals surface area contributed by atoms with Gasteiger partial charge in [-0.3, -0.25) is 24.5 Å². The highest BCUT2D eigenvalue weighted by molar-refractivity contribution is 6.31. The van der Waals surface area contributed by atoms with Gasteiger partial charge in [0.2, 0.25) is 17.4 Å². The van der Waals surface area contributed by atoms with Gasteiger partial charge in [-0.15, -0.1) is 0 Å². The number of hydrogen-bond acceptors (Lipinski definition) is 5. The Morgan fingerprint density at radius 2 is 1.69 bits per heavy atom. The lowest BCUT2D eigenvalue weighted by Crippen LogP contribution is -2.79. The lowest BCUT2D eigenvalue weighted by molar-refractivity contribution is -0.186. The number of carbonyl (C=O) groups is 4. The standard InChI is InChI=1S/C8H9N3O5/c9-3(12)7(4(10)13)1-2-16-8(7)5(14)11-6(8)15/h1-2H2,(H2,9,12)(H2,10,13)(H,11,14,15). The third-order valence-corrected chi connectivity index (χ3v) is 3.10. The van der Waals surface area contributed by atoms with Gasteiger partial charge in [0.25, 0.3) is 11.8 Å². The van der Waals surface area contributed by atoms with Crippen LogP contribution >= 0.6 is 0 Å². The van der Waals surface area contributed by atoms with E-state index in [-0.39, 0.29) is 13.0 Å². The summed E-state index contributed by atoms with van der Waals surface area (Å²) in [6.07, 6.45) is -0.170. The SMILES string of the molecule is NC(=O)C1(C(N)=O)CCOC12C(=O)NC2=O. The highest BCUT2D eigenvalue weighted by Gasteiger charge is 2.77. The highest BCUT2D eigenvalue weighted by Crippen LogP contribution is 2.47. The Labute approximate surface area is 89.3 Å². The van der Waals surface area contributed by atoms with Crippen LogP contribution in [0.1, 0.15) is 6.42 Å². The topological polar surface area (TPSA) is 142 Å². The Hall–Kier alpha value is -1.96. The first-order valence-corrected chi connectivity index (χ1v) is 4.49. The van der Waals surface area contributed by atoms with Crippen LogP contribution in [0, 0.1) is 5.41 Å². The molecule has 0 aromatic rings. The second-order valence-electron chi connectivity index (χ2n) is 3.70.